The minimum atomic E-state index is -0.562. The highest BCUT2D eigenvalue weighted by molar-refractivity contribution is 5.90. The average molecular weight is 333 g/mol. The lowest BCUT2D eigenvalue weighted by Gasteiger charge is -2.19. The molecule has 2 atom stereocenters. The zero-order chi connectivity index (χ0) is 17.7. The first-order chi connectivity index (χ1) is 11.4. The topological polar surface area (TPSA) is 84.7 Å². The van der Waals surface area contributed by atoms with Gasteiger partial charge in [-0.15, -0.1) is 0 Å². The molecule has 0 saturated carbocycles. The van der Waals surface area contributed by atoms with Gasteiger partial charge in [0.1, 0.15) is 11.8 Å². The Morgan fingerprint density at radius 1 is 1.38 bits per heavy atom. The summed E-state index contributed by atoms with van der Waals surface area (Å²) in [6.07, 6.45) is 1.23. The van der Waals surface area contributed by atoms with Crippen LogP contribution in [0, 0.1) is 5.92 Å². The van der Waals surface area contributed by atoms with Crippen molar-refractivity contribution in [3.8, 4) is 5.75 Å². The van der Waals surface area contributed by atoms with Gasteiger partial charge in [-0.3, -0.25) is 9.59 Å². The summed E-state index contributed by atoms with van der Waals surface area (Å²) in [7, 11) is 1.62. The number of likely N-dealkylation sites (tertiary alicyclic amines) is 1. The van der Waals surface area contributed by atoms with Crippen LogP contribution >= 0.6 is 0 Å². The van der Waals surface area contributed by atoms with Crippen LogP contribution in [0.25, 0.3) is 0 Å². The van der Waals surface area contributed by atoms with E-state index in [2.05, 4.69) is 5.32 Å². The SMILES string of the molecule is COc1ccc(CN2CCC(NC(=O)[C@@H](N)CC(C)C)C2=O)cc1. The van der Waals surface area contributed by atoms with E-state index in [-0.39, 0.29) is 11.8 Å². The predicted octanol–water partition coefficient (Wildman–Crippen LogP) is 1.29. The van der Waals surface area contributed by atoms with Crippen LogP contribution in [0.1, 0.15) is 32.3 Å². The van der Waals surface area contributed by atoms with Crippen molar-refractivity contribution in [1.29, 1.82) is 0 Å². The largest absolute Gasteiger partial charge is 0.497 e. The number of rotatable bonds is 7. The first-order valence-corrected chi connectivity index (χ1v) is 8.38. The Balaban J connectivity index is 1.88. The summed E-state index contributed by atoms with van der Waals surface area (Å²) in [6.45, 7) is 5.21. The molecule has 2 amide bonds. The molecule has 132 valence electrons. The maximum Gasteiger partial charge on any atom is 0.245 e. The van der Waals surface area contributed by atoms with E-state index < -0.39 is 12.1 Å². The maximum absolute atomic E-state index is 12.5. The first kappa shape index (κ1) is 18.3. The third-order valence-electron chi connectivity index (χ3n) is 4.21. The minimum absolute atomic E-state index is 0.0454. The fourth-order valence-electron chi connectivity index (χ4n) is 2.87. The lowest BCUT2D eigenvalue weighted by molar-refractivity contribution is -0.133. The van der Waals surface area contributed by atoms with Crippen LogP contribution in [-0.2, 0) is 16.1 Å². The Bertz CT molecular complexity index is 571. The minimum Gasteiger partial charge on any atom is -0.497 e. The molecule has 24 heavy (non-hydrogen) atoms. The molecule has 1 aromatic rings. The van der Waals surface area contributed by atoms with Gasteiger partial charge in [0.2, 0.25) is 11.8 Å². The summed E-state index contributed by atoms with van der Waals surface area (Å²) in [4.78, 5) is 26.3. The zero-order valence-electron chi connectivity index (χ0n) is 14.6. The van der Waals surface area contributed by atoms with E-state index in [1.807, 2.05) is 38.1 Å². The Kier molecular flexibility index (Phi) is 6.20. The third kappa shape index (κ3) is 4.71. The number of hydrogen-bond acceptors (Lipinski definition) is 4. The highest BCUT2D eigenvalue weighted by Gasteiger charge is 2.33. The molecule has 2 rings (SSSR count). The molecule has 0 aromatic heterocycles. The molecular formula is C18H27N3O3. The zero-order valence-corrected chi connectivity index (χ0v) is 14.6. The number of ether oxygens (including phenoxy) is 1. The van der Waals surface area contributed by atoms with Gasteiger partial charge in [-0.05, 0) is 36.5 Å². The van der Waals surface area contributed by atoms with Gasteiger partial charge in [0.15, 0.2) is 0 Å². The van der Waals surface area contributed by atoms with Gasteiger partial charge in [-0.25, -0.2) is 0 Å². The lowest BCUT2D eigenvalue weighted by atomic mass is 10.0. The molecule has 1 aliphatic heterocycles. The summed E-state index contributed by atoms with van der Waals surface area (Å²) in [5.74, 6) is 0.844. The fraction of sp³-hybridized carbons (Fsp3) is 0.556. The number of nitrogens with two attached hydrogens (primary N) is 1. The number of hydrogen-bond donors (Lipinski definition) is 2. The van der Waals surface area contributed by atoms with Crippen molar-refractivity contribution >= 4 is 11.8 Å². The maximum atomic E-state index is 12.5. The lowest BCUT2D eigenvalue weighted by Crippen LogP contribution is -2.48. The smallest absolute Gasteiger partial charge is 0.245 e. The molecule has 1 saturated heterocycles. The number of benzene rings is 1. The van der Waals surface area contributed by atoms with Gasteiger partial charge in [-0.2, -0.15) is 0 Å². The van der Waals surface area contributed by atoms with E-state index in [1.54, 1.807) is 12.0 Å². The molecule has 0 aliphatic carbocycles. The van der Waals surface area contributed by atoms with E-state index in [0.717, 1.165) is 11.3 Å². The van der Waals surface area contributed by atoms with Crippen molar-refractivity contribution in [2.24, 2.45) is 11.7 Å². The summed E-state index contributed by atoms with van der Waals surface area (Å²) >= 11 is 0. The molecule has 1 heterocycles. The third-order valence-corrected chi connectivity index (χ3v) is 4.21. The van der Waals surface area contributed by atoms with E-state index in [4.69, 9.17) is 10.5 Å². The van der Waals surface area contributed by atoms with Gasteiger partial charge in [0, 0.05) is 13.1 Å². The number of nitrogens with zero attached hydrogens (tertiary/aromatic N) is 1. The summed E-state index contributed by atoms with van der Waals surface area (Å²) in [5, 5.41) is 2.79. The van der Waals surface area contributed by atoms with E-state index >= 15 is 0 Å². The molecule has 1 unspecified atom stereocenters. The second-order valence-corrected chi connectivity index (χ2v) is 6.69. The fourth-order valence-corrected chi connectivity index (χ4v) is 2.87. The molecule has 6 nitrogen and oxygen atoms in total. The number of methoxy groups -OCH3 is 1. The average Bonchev–Trinajstić information content (AvgIpc) is 2.88. The second-order valence-electron chi connectivity index (χ2n) is 6.69. The summed E-state index contributed by atoms with van der Waals surface area (Å²) < 4.78 is 5.13. The van der Waals surface area contributed by atoms with Crippen molar-refractivity contribution < 1.29 is 14.3 Å². The van der Waals surface area contributed by atoms with Crippen LogP contribution in [0.3, 0.4) is 0 Å². The molecule has 0 bridgehead atoms. The summed E-state index contributed by atoms with van der Waals surface area (Å²) in [6, 6.07) is 6.61. The van der Waals surface area contributed by atoms with Crippen LogP contribution in [0.5, 0.6) is 5.75 Å². The van der Waals surface area contributed by atoms with E-state index in [1.165, 1.54) is 0 Å². The highest BCUT2D eigenvalue weighted by Crippen LogP contribution is 2.18. The molecule has 0 spiro atoms. The van der Waals surface area contributed by atoms with Crippen molar-refractivity contribution in [2.45, 2.75) is 45.3 Å². The number of amides is 2. The molecule has 1 aromatic carbocycles. The number of carbonyl (C=O) groups is 2. The van der Waals surface area contributed by atoms with Crippen LogP contribution in [0.4, 0.5) is 0 Å². The highest BCUT2D eigenvalue weighted by atomic mass is 16.5. The van der Waals surface area contributed by atoms with Gasteiger partial charge in [-0.1, -0.05) is 26.0 Å². The van der Waals surface area contributed by atoms with E-state index in [9.17, 15) is 9.59 Å². The van der Waals surface area contributed by atoms with Gasteiger partial charge < -0.3 is 20.7 Å². The van der Waals surface area contributed by atoms with Gasteiger partial charge in [0.25, 0.3) is 0 Å². The summed E-state index contributed by atoms with van der Waals surface area (Å²) in [5.41, 5.74) is 6.91. The monoisotopic (exact) mass is 333 g/mol. The standard InChI is InChI=1S/C18H27N3O3/c1-12(2)10-15(19)17(22)20-16-8-9-21(18(16)23)11-13-4-6-14(24-3)7-5-13/h4-7,12,15-16H,8-11,19H2,1-3H3,(H,20,22)/t15-,16?/m0/s1. The van der Waals surface area contributed by atoms with Crippen LogP contribution in [0.15, 0.2) is 24.3 Å². The Morgan fingerprint density at radius 2 is 2.04 bits per heavy atom. The van der Waals surface area contributed by atoms with Gasteiger partial charge >= 0.3 is 0 Å². The molecule has 1 aliphatic rings. The van der Waals surface area contributed by atoms with Crippen LogP contribution in [-0.4, -0.2) is 42.5 Å². The van der Waals surface area contributed by atoms with Gasteiger partial charge in [0.05, 0.1) is 13.2 Å². The van der Waals surface area contributed by atoms with Crippen molar-refractivity contribution in [3.05, 3.63) is 29.8 Å². The Labute approximate surface area is 143 Å². The number of carbonyl (C=O) groups excluding carboxylic acids is 2. The molecule has 6 heteroatoms. The Hall–Kier alpha value is -2.08. The molecule has 0 radical (unpaired) electrons. The first-order valence-electron chi connectivity index (χ1n) is 8.38. The quantitative estimate of drug-likeness (QED) is 0.787. The normalized spacial score (nSPS) is 18.8. The van der Waals surface area contributed by atoms with Crippen molar-refractivity contribution in [2.75, 3.05) is 13.7 Å². The van der Waals surface area contributed by atoms with Crippen LogP contribution in [0.2, 0.25) is 0 Å². The van der Waals surface area contributed by atoms with Crippen LogP contribution < -0.4 is 15.8 Å². The predicted molar refractivity (Wildman–Crippen MR) is 92.4 cm³/mol. The molecule has 1 fully saturated rings. The second kappa shape index (κ2) is 8.15. The molecular weight excluding hydrogens is 306 g/mol. The van der Waals surface area contributed by atoms with E-state index in [0.29, 0.717) is 31.8 Å². The molecule has 3 N–H and O–H groups in total. The van der Waals surface area contributed by atoms with Crippen molar-refractivity contribution in [1.82, 2.24) is 10.2 Å². The Morgan fingerprint density at radius 3 is 2.62 bits per heavy atom. The number of nitrogens with one attached hydrogen (secondary N) is 1. The van der Waals surface area contributed by atoms with Crippen molar-refractivity contribution in [3.63, 3.8) is 0 Å².